The van der Waals surface area contributed by atoms with E-state index in [4.69, 9.17) is 16.3 Å². The number of sulfonamides is 1. The van der Waals surface area contributed by atoms with Crippen LogP contribution in [-0.4, -0.2) is 51.1 Å². The summed E-state index contributed by atoms with van der Waals surface area (Å²) in [5.74, 6) is -1.95. The SMILES string of the molecule is O=C(O)CN(c1cccc(Cl)c1)S(=O)(=O)c1cccc(C(=O)NCCNC(=O)OCc2ccccc2)c1. The van der Waals surface area contributed by atoms with Crippen molar-refractivity contribution in [3.8, 4) is 0 Å². The van der Waals surface area contributed by atoms with E-state index in [1.54, 1.807) is 0 Å². The van der Waals surface area contributed by atoms with E-state index in [0.717, 1.165) is 11.6 Å². The Morgan fingerprint density at radius 1 is 0.892 bits per heavy atom. The molecule has 3 aromatic rings. The van der Waals surface area contributed by atoms with E-state index in [2.05, 4.69) is 10.6 Å². The fourth-order valence-corrected chi connectivity index (χ4v) is 4.85. The predicted molar refractivity (Wildman–Crippen MR) is 137 cm³/mol. The van der Waals surface area contributed by atoms with E-state index >= 15 is 0 Å². The maximum absolute atomic E-state index is 13.3. The third-order valence-corrected chi connectivity index (χ3v) is 6.96. The van der Waals surface area contributed by atoms with Crippen molar-refractivity contribution in [3.63, 3.8) is 0 Å². The van der Waals surface area contributed by atoms with Crippen molar-refractivity contribution >= 4 is 45.3 Å². The first-order valence-electron chi connectivity index (χ1n) is 11.0. The molecule has 0 fully saturated rings. The molecule has 0 aliphatic heterocycles. The number of hydrogen-bond acceptors (Lipinski definition) is 6. The molecule has 0 aliphatic carbocycles. The molecule has 10 nitrogen and oxygen atoms in total. The van der Waals surface area contributed by atoms with Gasteiger partial charge < -0.3 is 20.5 Å². The fraction of sp³-hybridized carbons (Fsp3) is 0.160. The molecular weight excluding hydrogens is 522 g/mol. The number of carboxylic acids is 1. The second kappa shape index (κ2) is 12.7. The highest BCUT2D eigenvalue weighted by Crippen LogP contribution is 2.26. The average Bonchev–Trinajstić information content (AvgIpc) is 2.89. The Kier molecular flexibility index (Phi) is 9.47. The largest absolute Gasteiger partial charge is 0.480 e. The quantitative estimate of drug-likeness (QED) is 0.314. The molecule has 0 aliphatic rings. The topological polar surface area (TPSA) is 142 Å². The van der Waals surface area contributed by atoms with Crippen LogP contribution < -0.4 is 14.9 Å². The smallest absolute Gasteiger partial charge is 0.407 e. The van der Waals surface area contributed by atoms with Gasteiger partial charge in [-0.05, 0) is 42.0 Å². The van der Waals surface area contributed by atoms with Gasteiger partial charge in [0.2, 0.25) is 0 Å². The van der Waals surface area contributed by atoms with Crippen LogP contribution in [0.15, 0.2) is 83.8 Å². The molecule has 37 heavy (non-hydrogen) atoms. The average molecular weight is 546 g/mol. The summed E-state index contributed by atoms with van der Waals surface area (Å²) in [6.45, 7) is -0.595. The Bertz CT molecular complexity index is 1370. The second-order valence-electron chi connectivity index (χ2n) is 7.66. The lowest BCUT2D eigenvalue weighted by Gasteiger charge is -2.23. The van der Waals surface area contributed by atoms with Crippen LogP contribution in [0.2, 0.25) is 5.02 Å². The number of amides is 2. The molecule has 0 atom stereocenters. The lowest BCUT2D eigenvalue weighted by molar-refractivity contribution is -0.135. The number of anilines is 1. The maximum Gasteiger partial charge on any atom is 0.407 e. The minimum Gasteiger partial charge on any atom is -0.480 e. The Morgan fingerprint density at radius 2 is 1.59 bits per heavy atom. The van der Waals surface area contributed by atoms with Crippen molar-refractivity contribution in [2.24, 2.45) is 0 Å². The van der Waals surface area contributed by atoms with E-state index < -0.39 is 34.5 Å². The molecule has 2 amide bonds. The van der Waals surface area contributed by atoms with Crippen molar-refractivity contribution < 1.29 is 32.6 Å². The molecule has 194 valence electrons. The Morgan fingerprint density at radius 3 is 2.30 bits per heavy atom. The number of rotatable bonds is 11. The van der Waals surface area contributed by atoms with E-state index in [1.807, 2.05) is 30.3 Å². The van der Waals surface area contributed by atoms with Gasteiger partial charge in [0.15, 0.2) is 0 Å². The van der Waals surface area contributed by atoms with E-state index in [1.165, 1.54) is 42.5 Å². The third-order valence-electron chi connectivity index (χ3n) is 4.95. The molecule has 0 bridgehead atoms. The number of hydrogen-bond donors (Lipinski definition) is 3. The number of ether oxygens (including phenoxy) is 1. The molecule has 0 unspecified atom stereocenters. The van der Waals surface area contributed by atoms with Gasteiger partial charge in [0.1, 0.15) is 13.2 Å². The second-order valence-corrected chi connectivity index (χ2v) is 9.96. The molecule has 12 heteroatoms. The number of benzene rings is 3. The predicted octanol–water partition coefficient (Wildman–Crippen LogP) is 3.28. The molecule has 0 saturated carbocycles. The third kappa shape index (κ3) is 7.95. The first-order valence-corrected chi connectivity index (χ1v) is 12.8. The molecule has 0 spiro atoms. The summed E-state index contributed by atoms with van der Waals surface area (Å²) in [5.41, 5.74) is 0.933. The van der Waals surface area contributed by atoms with Crippen LogP contribution in [0.3, 0.4) is 0 Å². The highest BCUT2D eigenvalue weighted by Gasteiger charge is 2.28. The van der Waals surface area contributed by atoms with Crippen molar-refractivity contribution in [1.82, 2.24) is 10.6 Å². The number of aliphatic carboxylic acids is 1. The highest BCUT2D eigenvalue weighted by molar-refractivity contribution is 7.92. The number of carbonyl (C=O) groups is 3. The van der Waals surface area contributed by atoms with E-state index in [9.17, 15) is 27.9 Å². The van der Waals surface area contributed by atoms with E-state index in [-0.39, 0.29) is 40.9 Å². The monoisotopic (exact) mass is 545 g/mol. The van der Waals surface area contributed by atoms with Gasteiger partial charge in [-0.25, -0.2) is 13.2 Å². The molecule has 0 saturated heterocycles. The number of carboxylic acid groups (broad SMARTS) is 1. The van der Waals surface area contributed by atoms with Crippen LogP contribution >= 0.6 is 11.6 Å². The summed E-state index contributed by atoms with van der Waals surface area (Å²) in [6.07, 6.45) is -0.647. The summed E-state index contributed by atoms with van der Waals surface area (Å²) in [6, 6.07) is 20.1. The number of alkyl carbamates (subject to hydrolysis) is 1. The van der Waals surface area contributed by atoms with Crippen molar-refractivity contribution in [1.29, 1.82) is 0 Å². The van der Waals surface area contributed by atoms with Gasteiger partial charge in [-0.1, -0.05) is 54.1 Å². The number of carbonyl (C=O) groups excluding carboxylic acids is 2. The van der Waals surface area contributed by atoms with Crippen LogP contribution in [0.4, 0.5) is 10.5 Å². The van der Waals surface area contributed by atoms with Crippen LogP contribution in [-0.2, 0) is 26.2 Å². The summed E-state index contributed by atoms with van der Waals surface area (Å²) < 4.78 is 32.3. The molecular formula is C25H24ClN3O7S. The first-order chi connectivity index (χ1) is 17.7. The Hall–Kier alpha value is -4.09. The van der Waals surface area contributed by atoms with Crippen LogP contribution in [0.25, 0.3) is 0 Å². The molecule has 3 aromatic carbocycles. The summed E-state index contributed by atoms with van der Waals surface area (Å²) >= 11 is 5.96. The molecule has 0 radical (unpaired) electrons. The van der Waals surface area contributed by atoms with E-state index in [0.29, 0.717) is 4.31 Å². The van der Waals surface area contributed by atoms with Gasteiger partial charge in [0.25, 0.3) is 15.9 Å². The summed E-state index contributed by atoms with van der Waals surface area (Å²) in [7, 11) is -4.35. The van der Waals surface area contributed by atoms with Gasteiger partial charge in [0, 0.05) is 23.7 Å². The molecule has 3 rings (SSSR count). The minimum atomic E-state index is -4.35. The molecule has 0 aromatic heterocycles. The fourth-order valence-electron chi connectivity index (χ4n) is 3.21. The summed E-state index contributed by atoms with van der Waals surface area (Å²) in [5, 5.41) is 14.6. The van der Waals surface area contributed by atoms with Crippen molar-refractivity contribution in [2.45, 2.75) is 11.5 Å². The van der Waals surface area contributed by atoms with Gasteiger partial charge in [-0.3, -0.25) is 13.9 Å². The standard InChI is InChI=1S/C25H24ClN3O7S/c26-20-9-5-10-21(15-20)29(16-23(30)31)37(34,35)22-11-4-8-19(14-22)24(32)27-12-13-28-25(33)36-17-18-6-2-1-3-7-18/h1-11,14-15H,12-13,16-17H2,(H,27,32)(H,28,33)(H,30,31). The number of halogens is 1. The van der Waals surface area contributed by atoms with Gasteiger partial charge >= 0.3 is 12.1 Å². The first kappa shape index (κ1) is 27.5. The van der Waals surface area contributed by atoms with Crippen LogP contribution in [0.5, 0.6) is 0 Å². The zero-order valence-corrected chi connectivity index (χ0v) is 21.0. The molecule has 3 N–H and O–H groups in total. The van der Waals surface area contributed by atoms with Gasteiger partial charge in [0.05, 0.1) is 10.6 Å². The lowest BCUT2D eigenvalue weighted by atomic mass is 10.2. The van der Waals surface area contributed by atoms with Crippen molar-refractivity contribution in [2.75, 3.05) is 23.9 Å². The Labute approximate surface area is 218 Å². The summed E-state index contributed by atoms with van der Waals surface area (Å²) in [4.78, 5) is 35.5. The number of nitrogens with one attached hydrogen (secondary N) is 2. The zero-order chi connectivity index (χ0) is 26.8. The van der Waals surface area contributed by atoms with Gasteiger partial charge in [-0.15, -0.1) is 0 Å². The van der Waals surface area contributed by atoms with Crippen molar-refractivity contribution in [3.05, 3.63) is 95.0 Å². The highest BCUT2D eigenvalue weighted by atomic mass is 35.5. The normalized spacial score (nSPS) is 10.8. The molecule has 0 heterocycles. The van der Waals surface area contributed by atoms with Crippen LogP contribution in [0, 0.1) is 0 Å². The number of nitrogens with zero attached hydrogens (tertiary/aromatic N) is 1. The Balaban J connectivity index is 1.61. The zero-order valence-electron chi connectivity index (χ0n) is 19.5. The van der Waals surface area contributed by atoms with Crippen LogP contribution in [0.1, 0.15) is 15.9 Å². The minimum absolute atomic E-state index is 0.0362. The van der Waals surface area contributed by atoms with Gasteiger partial charge in [-0.2, -0.15) is 0 Å². The maximum atomic E-state index is 13.3. The lowest BCUT2D eigenvalue weighted by Crippen LogP contribution is -2.36.